The van der Waals surface area contributed by atoms with Crippen molar-refractivity contribution >= 4 is 17.2 Å². The number of hydrogen-bond acceptors (Lipinski definition) is 3. The lowest BCUT2D eigenvalue weighted by Gasteiger charge is -2.39. The number of para-hydroxylation sites is 1. The summed E-state index contributed by atoms with van der Waals surface area (Å²) in [5.74, 6) is 0.235. The molecule has 0 radical (unpaired) electrons. The van der Waals surface area contributed by atoms with Crippen molar-refractivity contribution in [2.75, 3.05) is 25.0 Å². The Kier molecular flexibility index (Phi) is 3.62. The lowest BCUT2D eigenvalue weighted by molar-refractivity contribution is -0.125. The number of likely N-dealkylation sites (N-methyl/N-ethyl adjacent to an activating group) is 1. The van der Waals surface area contributed by atoms with Crippen LogP contribution in [0, 0.1) is 6.92 Å². The summed E-state index contributed by atoms with van der Waals surface area (Å²) in [7, 11) is 1.90. The van der Waals surface area contributed by atoms with Gasteiger partial charge in [0.2, 0.25) is 5.91 Å². The van der Waals surface area contributed by atoms with Crippen molar-refractivity contribution in [3.8, 4) is 0 Å². The number of amides is 1. The van der Waals surface area contributed by atoms with Crippen molar-refractivity contribution in [3.05, 3.63) is 65.6 Å². The predicted octanol–water partition coefficient (Wildman–Crippen LogP) is 3.15. The molecule has 0 unspecified atom stereocenters. The molecule has 1 saturated heterocycles. The first-order valence-corrected chi connectivity index (χ1v) is 9.61. The van der Waals surface area contributed by atoms with Crippen molar-refractivity contribution in [2.24, 2.45) is 0 Å². The highest BCUT2D eigenvalue weighted by atomic mass is 16.2. The van der Waals surface area contributed by atoms with Crippen LogP contribution in [0.5, 0.6) is 0 Å². The number of nitrogens with zero attached hydrogens (tertiary/aromatic N) is 4. The number of carbonyl (C=O) groups excluding carboxylic acids is 1. The van der Waals surface area contributed by atoms with E-state index in [-0.39, 0.29) is 5.91 Å². The second-order valence-electron chi connectivity index (χ2n) is 7.98. The molecule has 2 aliphatic rings. The number of anilines is 1. The molecule has 1 aromatic carbocycles. The van der Waals surface area contributed by atoms with Gasteiger partial charge in [-0.25, -0.2) is 4.98 Å². The van der Waals surface area contributed by atoms with Crippen LogP contribution in [0.3, 0.4) is 0 Å². The average molecular weight is 360 g/mol. The van der Waals surface area contributed by atoms with E-state index >= 15 is 0 Å². The number of aryl methyl sites for hydroxylation is 1. The number of pyridine rings is 1. The van der Waals surface area contributed by atoms with E-state index in [9.17, 15) is 4.79 Å². The smallest absolute Gasteiger partial charge is 0.238 e. The molecule has 5 heteroatoms. The number of piperidine rings is 1. The Morgan fingerprint density at radius 1 is 1.15 bits per heavy atom. The zero-order valence-corrected chi connectivity index (χ0v) is 15.9. The van der Waals surface area contributed by atoms with Crippen molar-refractivity contribution in [1.29, 1.82) is 0 Å². The summed E-state index contributed by atoms with van der Waals surface area (Å²) in [5.41, 5.74) is 5.10. The van der Waals surface area contributed by atoms with E-state index in [1.54, 1.807) is 0 Å². The summed E-state index contributed by atoms with van der Waals surface area (Å²) in [6.45, 7) is 4.64. The van der Waals surface area contributed by atoms with Crippen LogP contribution in [0.1, 0.15) is 29.7 Å². The Morgan fingerprint density at radius 3 is 2.89 bits per heavy atom. The fraction of sp³-hybridized carbons (Fsp3) is 0.364. The van der Waals surface area contributed by atoms with Gasteiger partial charge in [0.15, 0.2) is 0 Å². The molecule has 4 heterocycles. The highest BCUT2D eigenvalue weighted by Crippen LogP contribution is 2.46. The molecule has 5 nitrogen and oxygen atoms in total. The maximum atomic E-state index is 13.2. The zero-order valence-electron chi connectivity index (χ0n) is 15.9. The Bertz CT molecular complexity index is 1040. The van der Waals surface area contributed by atoms with Crippen molar-refractivity contribution < 1.29 is 4.79 Å². The van der Waals surface area contributed by atoms with Gasteiger partial charge in [0, 0.05) is 38.2 Å². The first-order chi connectivity index (χ1) is 13.1. The van der Waals surface area contributed by atoms with Crippen LogP contribution in [0.4, 0.5) is 5.69 Å². The number of fused-ring (bicyclic) bond motifs is 3. The lowest BCUT2D eigenvalue weighted by atomic mass is 9.75. The summed E-state index contributed by atoms with van der Waals surface area (Å²) in [5, 5.41) is 0. The Labute approximate surface area is 159 Å². The van der Waals surface area contributed by atoms with Gasteiger partial charge in [0.25, 0.3) is 0 Å². The van der Waals surface area contributed by atoms with Crippen molar-refractivity contribution in [1.82, 2.24) is 14.3 Å². The molecule has 2 aliphatic heterocycles. The highest BCUT2D eigenvalue weighted by molar-refractivity contribution is 6.08. The number of hydrogen-bond donors (Lipinski definition) is 0. The SMILES string of the molecule is Cc1ccc2nc(CN3CCC[C@]4(C3)C(=O)N(C)c3ccccc34)cn2c1. The van der Waals surface area contributed by atoms with E-state index in [1.807, 2.05) is 18.0 Å². The minimum absolute atomic E-state index is 0.235. The zero-order chi connectivity index (χ0) is 18.6. The summed E-state index contributed by atoms with van der Waals surface area (Å²) in [6.07, 6.45) is 6.17. The molecule has 1 atom stereocenters. The number of imidazole rings is 1. The van der Waals surface area contributed by atoms with Crippen molar-refractivity contribution in [2.45, 2.75) is 31.7 Å². The van der Waals surface area contributed by atoms with Crippen LogP contribution in [0.2, 0.25) is 0 Å². The number of aromatic nitrogens is 2. The normalized spacial score (nSPS) is 22.7. The van der Waals surface area contributed by atoms with Gasteiger partial charge in [0.1, 0.15) is 5.65 Å². The standard InChI is InChI=1S/C22H24N4O/c1-16-8-9-20-23-17(14-26(20)12-16)13-25-11-5-10-22(15-25)18-6-3-4-7-19(18)24(2)21(22)27/h3-4,6-9,12,14H,5,10-11,13,15H2,1-2H3/t22-/m1/s1. The molecule has 1 amide bonds. The number of likely N-dealkylation sites (tertiary alicyclic amines) is 1. The second kappa shape index (κ2) is 5.92. The highest BCUT2D eigenvalue weighted by Gasteiger charge is 2.51. The minimum atomic E-state index is -0.403. The monoisotopic (exact) mass is 360 g/mol. The first kappa shape index (κ1) is 16.5. The maximum absolute atomic E-state index is 13.2. The molecule has 138 valence electrons. The van der Waals surface area contributed by atoms with Crippen LogP contribution in [0.15, 0.2) is 48.8 Å². The van der Waals surface area contributed by atoms with Gasteiger partial charge < -0.3 is 9.30 Å². The molecule has 5 rings (SSSR count). The number of benzene rings is 1. The maximum Gasteiger partial charge on any atom is 0.238 e. The van der Waals surface area contributed by atoms with Gasteiger partial charge in [-0.2, -0.15) is 0 Å². The fourth-order valence-electron chi connectivity index (χ4n) is 4.85. The quantitative estimate of drug-likeness (QED) is 0.705. The van der Waals surface area contributed by atoms with Gasteiger partial charge in [-0.3, -0.25) is 9.69 Å². The molecule has 0 aliphatic carbocycles. The lowest BCUT2D eigenvalue weighted by Crippen LogP contribution is -2.51. The van der Waals surface area contributed by atoms with Gasteiger partial charge >= 0.3 is 0 Å². The van der Waals surface area contributed by atoms with Gasteiger partial charge in [-0.05, 0) is 49.6 Å². The summed E-state index contributed by atoms with van der Waals surface area (Å²) < 4.78 is 2.09. The Balaban J connectivity index is 1.45. The second-order valence-corrected chi connectivity index (χ2v) is 7.98. The molecule has 3 aromatic rings. The summed E-state index contributed by atoms with van der Waals surface area (Å²) >= 11 is 0. The van der Waals surface area contributed by atoms with E-state index in [0.29, 0.717) is 0 Å². The Morgan fingerprint density at radius 2 is 2.00 bits per heavy atom. The van der Waals surface area contributed by atoms with Crippen LogP contribution in [0.25, 0.3) is 5.65 Å². The molecule has 0 bridgehead atoms. The van der Waals surface area contributed by atoms with Gasteiger partial charge in [-0.1, -0.05) is 24.3 Å². The molecule has 27 heavy (non-hydrogen) atoms. The van der Waals surface area contributed by atoms with Gasteiger partial charge in [0.05, 0.1) is 11.1 Å². The van der Waals surface area contributed by atoms with E-state index < -0.39 is 5.41 Å². The minimum Gasteiger partial charge on any atom is -0.314 e. The molecule has 1 spiro atoms. The number of carbonyl (C=O) groups is 1. The molecule has 0 saturated carbocycles. The van der Waals surface area contributed by atoms with Gasteiger partial charge in [-0.15, -0.1) is 0 Å². The molecule has 1 fully saturated rings. The van der Waals surface area contributed by atoms with Crippen LogP contribution in [-0.2, 0) is 16.8 Å². The third kappa shape index (κ3) is 2.49. The largest absolute Gasteiger partial charge is 0.314 e. The third-order valence-electron chi connectivity index (χ3n) is 6.10. The Hall–Kier alpha value is -2.66. The summed E-state index contributed by atoms with van der Waals surface area (Å²) in [4.78, 5) is 22.2. The topological polar surface area (TPSA) is 40.9 Å². The molecule has 0 N–H and O–H groups in total. The van der Waals surface area contributed by atoms with E-state index in [2.05, 4.69) is 58.9 Å². The van der Waals surface area contributed by atoms with E-state index in [0.717, 1.165) is 49.5 Å². The molecular formula is C22H24N4O. The molecular weight excluding hydrogens is 336 g/mol. The van der Waals surface area contributed by atoms with Crippen LogP contribution in [-0.4, -0.2) is 40.3 Å². The predicted molar refractivity (Wildman–Crippen MR) is 106 cm³/mol. The first-order valence-electron chi connectivity index (χ1n) is 9.61. The molecule has 2 aromatic heterocycles. The third-order valence-corrected chi connectivity index (χ3v) is 6.10. The van der Waals surface area contributed by atoms with Crippen LogP contribution >= 0.6 is 0 Å². The van der Waals surface area contributed by atoms with Crippen molar-refractivity contribution in [3.63, 3.8) is 0 Å². The summed E-state index contributed by atoms with van der Waals surface area (Å²) in [6, 6.07) is 12.4. The van der Waals surface area contributed by atoms with E-state index in [1.165, 1.54) is 11.1 Å². The fourth-order valence-corrected chi connectivity index (χ4v) is 4.85. The average Bonchev–Trinajstić information content (AvgIpc) is 3.15. The van der Waals surface area contributed by atoms with E-state index in [4.69, 9.17) is 4.98 Å². The number of rotatable bonds is 2. The van der Waals surface area contributed by atoms with Crippen LogP contribution < -0.4 is 4.90 Å².